The summed E-state index contributed by atoms with van der Waals surface area (Å²) >= 11 is 0. The number of carbonyl (C=O) groups is 1. The number of nitro groups is 1. The fraction of sp³-hybridized carbons (Fsp3) is 0.143. The predicted octanol–water partition coefficient (Wildman–Crippen LogP) is 2.85. The third-order valence-corrected chi connectivity index (χ3v) is 2.85. The number of benzene rings is 1. The molecule has 0 aliphatic heterocycles. The van der Waals surface area contributed by atoms with E-state index in [1.54, 1.807) is 25.1 Å². The van der Waals surface area contributed by atoms with Crippen LogP contribution in [0, 0.1) is 17.0 Å². The van der Waals surface area contributed by atoms with E-state index in [0.29, 0.717) is 11.5 Å². The SMILES string of the molecule is COC(=O)NN=Cc1ccc(-c2ccc([N+](=O)[O-])cc2C)o1. The highest BCUT2D eigenvalue weighted by Crippen LogP contribution is 2.28. The Morgan fingerprint density at radius 2 is 2.18 bits per heavy atom. The molecule has 0 aliphatic carbocycles. The van der Waals surface area contributed by atoms with Crippen molar-refractivity contribution in [3.63, 3.8) is 0 Å². The van der Waals surface area contributed by atoms with Gasteiger partial charge in [-0.3, -0.25) is 10.1 Å². The zero-order chi connectivity index (χ0) is 16.1. The summed E-state index contributed by atoms with van der Waals surface area (Å²) in [6.07, 6.45) is 0.635. The molecule has 0 saturated heterocycles. The number of furan rings is 1. The van der Waals surface area contributed by atoms with E-state index < -0.39 is 11.0 Å². The Labute approximate surface area is 125 Å². The number of nitro benzene ring substituents is 1. The Morgan fingerprint density at radius 3 is 2.82 bits per heavy atom. The molecule has 22 heavy (non-hydrogen) atoms. The normalized spacial score (nSPS) is 10.6. The number of hydrogen-bond acceptors (Lipinski definition) is 6. The Morgan fingerprint density at radius 1 is 1.41 bits per heavy atom. The van der Waals surface area contributed by atoms with Crippen LogP contribution >= 0.6 is 0 Å². The summed E-state index contributed by atoms with van der Waals surface area (Å²) in [6, 6.07) is 7.90. The fourth-order valence-electron chi connectivity index (χ4n) is 1.80. The second-order valence-electron chi connectivity index (χ2n) is 4.32. The van der Waals surface area contributed by atoms with Crippen LogP contribution in [-0.2, 0) is 4.74 Å². The molecule has 0 bridgehead atoms. The maximum atomic E-state index is 10.8. The molecular weight excluding hydrogens is 290 g/mol. The molecule has 1 aromatic carbocycles. The average molecular weight is 303 g/mol. The van der Waals surface area contributed by atoms with Crippen LogP contribution in [0.15, 0.2) is 39.9 Å². The quantitative estimate of drug-likeness (QED) is 0.531. The number of hydrogen-bond donors (Lipinski definition) is 1. The molecule has 0 aliphatic rings. The Hall–Kier alpha value is -3.16. The molecule has 0 radical (unpaired) electrons. The van der Waals surface area contributed by atoms with E-state index in [9.17, 15) is 14.9 Å². The van der Waals surface area contributed by atoms with Gasteiger partial charge in [0.25, 0.3) is 5.69 Å². The number of rotatable bonds is 4. The summed E-state index contributed by atoms with van der Waals surface area (Å²) in [5.74, 6) is 0.969. The van der Waals surface area contributed by atoms with Crippen molar-refractivity contribution < 1.29 is 18.9 Å². The second kappa shape index (κ2) is 6.53. The van der Waals surface area contributed by atoms with Crippen LogP contribution < -0.4 is 5.43 Å². The van der Waals surface area contributed by atoms with Crippen molar-refractivity contribution in [3.05, 3.63) is 51.8 Å². The van der Waals surface area contributed by atoms with Crippen molar-refractivity contribution in [1.82, 2.24) is 5.43 Å². The monoisotopic (exact) mass is 303 g/mol. The van der Waals surface area contributed by atoms with E-state index in [1.807, 2.05) is 0 Å². The van der Waals surface area contributed by atoms with Crippen LogP contribution in [0.5, 0.6) is 0 Å². The first-order valence-corrected chi connectivity index (χ1v) is 6.23. The Bertz CT molecular complexity index is 736. The number of amides is 1. The van der Waals surface area contributed by atoms with E-state index in [1.165, 1.54) is 25.5 Å². The van der Waals surface area contributed by atoms with Crippen LogP contribution in [0.2, 0.25) is 0 Å². The highest BCUT2D eigenvalue weighted by molar-refractivity contribution is 5.79. The summed E-state index contributed by atoms with van der Waals surface area (Å²) in [6.45, 7) is 1.76. The number of carbonyl (C=O) groups excluding carboxylic acids is 1. The van der Waals surface area contributed by atoms with E-state index in [4.69, 9.17) is 4.42 Å². The van der Waals surface area contributed by atoms with Crippen LogP contribution in [-0.4, -0.2) is 24.3 Å². The van der Waals surface area contributed by atoms with Crippen molar-refractivity contribution in [1.29, 1.82) is 0 Å². The van der Waals surface area contributed by atoms with Crippen LogP contribution in [0.1, 0.15) is 11.3 Å². The molecule has 8 nitrogen and oxygen atoms in total. The maximum absolute atomic E-state index is 10.8. The van der Waals surface area contributed by atoms with Gasteiger partial charge in [0, 0.05) is 17.7 Å². The molecule has 0 atom stereocenters. The summed E-state index contributed by atoms with van der Waals surface area (Å²) in [4.78, 5) is 21.1. The van der Waals surface area contributed by atoms with Gasteiger partial charge < -0.3 is 9.15 Å². The zero-order valence-corrected chi connectivity index (χ0v) is 11.9. The number of non-ortho nitro benzene ring substituents is 1. The molecule has 8 heteroatoms. The summed E-state index contributed by atoms with van der Waals surface area (Å²) in [5.41, 5.74) is 3.62. The zero-order valence-electron chi connectivity index (χ0n) is 11.9. The van der Waals surface area contributed by atoms with E-state index >= 15 is 0 Å². The standard InChI is InChI=1S/C14H13N3O5/c1-9-7-10(17(19)20)3-5-12(9)13-6-4-11(22-13)8-15-16-14(18)21-2/h3-8H,1-2H3,(H,16,18). The van der Waals surface area contributed by atoms with Gasteiger partial charge in [-0.2, -0.15) is 5.10 Å². The lowest BCUT2D eigenvalue weighted by atomic mass is 10.1. The Balaban J connectivity index is 2.18. The lowest BCUT2D eigenvalue weighted by Gasteiger charge is -2.02. The maximum Gasteiger partial charge on any atom is 0.427 e. The molecule has 2 rings (SSSR count). The van der Waals surface area contributed by atoms with E-state index in [-0.39, 0.29) is 5.69 Å². The molecule has 0 unspecified atom stereocenters. The molecular formula is C14H13N3O5. The minimum atomic E-state index is -0.686. The van der Waals surface area contributed by atoms with Gasteiger partial charge in [-0.1, -0.05) is 0 Å². The lowest BCUT2D eigenvalue weighted by Crippen LogP contribution is -2.16. The van der Waals surface area contributed by atoms with Crippen molar-refractivity contribution >= 4 is 18.0 Å². The topological polar surface area (TPSA) is 107 Å². The molecule has 0 saturated carbocycles. The number of methoxy groups -OCH3 is 1. The lowest BCUT2D eigenvalue weighted by molar-refractivity contribution is -0.384. The van der Waals surface area contributed by atoms with Gasteiger partial charge in [-0.05, 0) is 30.7 Å². The largest absolute Gasteiger partial charge is 0.455 e. The highest BCUT2D eigenvalue weighted by Gasteiger charge is 2.11. The van der Waals surface area contributed by atoms with Crippen LogP contribution in [0.25, 0.3) is 11.3 Å². The average Bonchev–Trinajstić information content (AvgIpc) is 2.95. The van der Waals surface area contributed by atoms with Crippen LogP contribution in [0.4, 0.5) is 10.5 Å². The summed E-state index contributed by atoms with van der Waals surface area (Å²) in [7, 11) is 1.23. The van der Waals surface area contributed by atoms with Gasteiger partial charge >= 0.3 is 6.09 Å². The van der Waals surface area contributed by atoms with Gasteiger partial charge in [0.2, 0.25) is 0 Å². The molecule has 1 heterocycles. The number of nitrogens with one attached hydrogen (secondary N) is 1. The molecule has 114 valence electrons. The van der Waals surface area contributed by atoms with Crippen molar-refractivity contribution in [3.8, 4) is 11.3 Å². The van der Waals surface area contributed by atoms with Gasteiger partial charge in [0.05, 0.1) is 18.2 Å². The Kier molecular flexibility index (Phi) is 4.52. The van der Waals surface area contributed by atoms with Crippen LogP contribution in [0.3, 0.4) is 0 Å². The minimum Gasteiger partial charge on any atom is -0.455 e. The first-order valence-electron chi connectivity index (χ1n) is 6.23. The van der Waals surface area contributed by atoms with Gasteiger partial charge in [0.1, 0.15) is 11.5 Å². The van der Waals surface area contributed by atoms with Crippen molar-refractivity contribution in [2.24, 2.45) is 5.10 Å². The van der Waals surface area contributed by atoms with Gasteiger partial charge in [0.15, 0.2) is 0 Å². The number of nitrogens with zero attached hydrogens (tertiary/aromatic N) is 2. The fourth-order valence-corrected chi connectivity index (χ4v) is 1.80. The molecule has 1 aromatic heterocycles. The number of hydrazone groups is 1. The molecule has 0 fully saturated rings. The third-order valence-electron chi connectivity index (χ3n) is 2.85. The van der Waals surface area contributed by atoms with Crippen molar-refractivity contribution in [2.75, 3.05) is 7.11 Å². The van der Waals surface area contributed by atoms with Gasteiger partial charge in [-0.15, -0.1) is 0 Å². The molecule has 2 aromatic rings. The molecule has 1 N–H and O–H groups in total. The molecule has 1 amide bonds. The summed E-state index contributed by atoms with van der Waals surface area (Å²) < 4.78 is 9.91. The highest BCUT2D eigenvalue weighted by atomic mass is 16.6. The first kappa shape index (κ1) is 15.2. The number of ether oxygens (including phenoxy) is 1. The summed E-state index contributed by atoms with van der Waals surface area (Å²) in [5, 5.41) is 14.4. The van der Waals surface area contributed by atoms with Crippen molar-refractivity contribution in [2.45, 2.75) is 6.92 Å². The predicted molar refractivity (Wildman–Crippen MR) is 78.7 cm³/mol. The third kappa shape index (κ3) is 3.48. The van der Waals surface area contributed by atoms with E-state index in [2.05, 4.69) is 15.3 Å². The second-order valence-corrected chi connectivity index (χ2v) is 4.32. The minimum absolute atomic E-state index is 0.0249. The first-order chi connectivity index (χ1) is 10.5. The van der Waals surface area contributed by atoms with Gasteiger partial charge in [-0.25, -0.2) is 10.2 Å². The smallest absolute Gasteiger partial charge is 0.427 e. The van der Waals surface area contributed by atoms with E-state index in [0.717, 1.165) is 11.1 Å². The number of aryl methyl sites for hydroxylation is 1. The molecule has 0 spiro atoms.